The SMILES string of the molecule is Cc1cc(SCC(C)CO)ccc1[N+](=O)[O-]. The number of nitro groups is 1. The Morgan fingerprint density at radius 2 is 2.25 bits per heavy atom. The van der Waals surface area contributed by atoms with Crippen LogP contribution in [0.15, 0.2) is 23.1 Å². The lowest BCUT2D eigenvalue weighted by Crippen LogP contribution is -2.03. The van der Waals surface area contributed by atoms with Crippen LogP contribution < -0.4 is 0 Å². The average Bonchev–Trinajstić information content (AvgIpc) is 2.25. The Bertz CT molecular complexity index is 381. The van der Waals surface area contributed by atoms with Crippen LogP contribution in [0.5, 0.6) is 0 Å². The van der Waals surface area contributed by atoms with Gasteiger partial charge in [-0.15, -0.1) is 11.8 Å². The molecule has 1 unspecified atom stereocenters. The molecule has 0 amide bonds. The molecular formula is C11H15NO3S. The first-order valence-electron chi connectivity index (χ1n) is 5.03. The van der Waals surface area contributed by atoms with Crippen molar-refractivity contribution < 1.29 is 10.0 Å². The van der Waals surface area contributed by atoms with E-state index in [-0.39, 0.29) is 23.1 Å². The minimum atomic E-state index is -0.375. The van der Waals surface area contributed by atoms with Gasteiger partial charge in [-0.1, -0.05) is 6.92 Å². The summed E-state index contributed by atoms with van der Waals surface area (Å²) in [5.74, 6) is 1.05. The van der Waals surface area contributed by atoms with Crippen LogP contribution in [0.3, 0.4) is 0 Å². The molecule has 4 nitrogen and oxygen atoms in total. The van der Waals surface area contributed by atoms with Crippen LogP contribution >= 0.6 is 11.8 Å². The molecule has 1 aromatic rings. The number of rotatable bonds is 5. The van der Waals surface area contributed by atoms with Crippen LogP contribution in [-0.4, -0.2) is 22.4 Å². The molecule has 0 bridgehead atoms. The Morgan fingerprint density at radius 3 is 2.75 bits per heavy atom. The predicted molar refractivity (Wildman–Crippen MR) is 64.8 cm³/mol. The fourth-order valence-electron chi connectivity index (χ4n) is 1.21. The molecule has 0 aliphatic carbocycles. The standard InChI is InChI=1S/C11H15NO3S/c1-8(6-13)7-16-10-3-4-11(12(14)15)9(2)5-10/h3-5,8,13H,6-7H2,1-2H3. The highest BCUT2D eigenvalue weighted by atomic mass is 32.2. The highest BCUT2D eigenvalue weighted by Crippen LogP contribution is 2.26. The number of nitro benzene ring substituents is 1. The maximum Gasteiger partial charge on any atom is 0.272 e. The van der Waals surface area contributed by atoms with E-state index < -0.39 is 0 Å². The molecule has 0 aliphatic rings. The molecule has 1 atom stereocenters. The summed E-state index contributed by atoms with van der Waals surface area (Å²) in [5.41, 5.74) is 0.825. The van der Waals surface area contributed by atoms with E-state index in [1.807, 2.05) is 13.0 Å². The minimum absolute atomic E-state index is 0.152. The molecule has 1 N–H and O–H groups in total. The van der Waals surface area contributed by atoms with Gasteiger partial charge in [0.25, 0.3) is 5.69 Å². The van der Waals surface area contributed by atoms with Gasteiger partial charge in [0.1, 0.15) is 0 Å². The van der Waals surface area contributed by atoms with Gasteiger partial charge >= 0.3 is 0 Å². The van der Waals surface area contributed by atoms with Crippen LogP contribution in [0, 0.1) is 23.0 Å². The van der Waals surface area contributed by atoms with Gasteiger partial charge < -0.3 is 5.11 Å². The third kappa shape index (κ3) is 3.50. The smallest absolute Gasteiger partial charge is 0.272 e. The third-order valence-corrected chi connectivity index (χ3v) is 3.53. The fourth-order valence-corrected chi connectivity index (χ4v) is 2.22. The summed E-state index contributed by atoms with van der Waals surface area (Å²) < 4.78 is 0. The Labute approximate surface area is 98.8 Å². The fraction of sp³-hybridized carbons (Fsp3) is 0.455. The molecule has 0 radical (unpaired) electrons. The molecule has 1 aromatic carbocycles. The highest BCUT2D eigenvalue weighted by molar-refractivity contribution is 7.99. The zero-order valence-electron chi connectivity index (χ0n) is 9.34. The molecule has 5 heteroatoms. The first kappa shape index (κ1) is 13.0. The second-order valence-corrected chi connectivity index (χ2v) is 4.90. The Balaban J connectivity index is 2.70. The maximum absolute atomic E-state index is 10.6. The van der Waals surface area contributed by atoms with Crippen LogP contribution in [0.4, 0.5) is 5.69 Å². The van der Waals surface area contributed by atoms with Crippen molar-refractivity contribution >= 4 is 17.4 Å². The Hall–Kier alpha value is -1.07. The molecule has 88 valence electrons. The molecule has 1 rings (SSSR count). The lowest BCUT2D eigenvalue weighted by atomic mass is 10.2. The zero-order valence-corrected chi connectivity index (χ0v) is 10.2. The zero-order chi connectivity index (χ0) is 12.1. The van der Waals surface area contributed by atoms with Crippen molar-refractivity contribution in [2.24, 2.45) is 5.92 Å². The number of nitrogens with zero attached hydrogens (tertiary/aromatic N) is 1. The highest BCUT2D eigenvalue weighted by Gasteiger charge is 2.10. The largest absolute Gasteiger partial charge is 0.396 e. The Morgan fingerprint density at radius 1 is 1.56 bits per heavy atom. The number of aliphatic hydroxyl groups is 1. The summed E-state index contributed by atoms with van der Waals surface area (Å²) in [6.07, 6.45) is 0. The second-order valence-electron chi connectivity index (χ2n) is 3.80. The first-order valence-corrected chi connectivity index (χ1v) is 6.02. The number of hydrogen-bond donors (Lipinski definition) is 1. The summed E-state index contributed by atoms with van der Waals surface area (Å²) >= 11 is 1.61. The molecule has 0 heterocycles. The van der Waals surface area contributed by atoms with Gasteiger partial charge in [-0.2, -0.15) is 0 Å². The summed E-state index contributed by atoms with van der Waals surface area (Å²) in [6.45, 7) is 3.86. The van der Waals surface area contributed by atoms with E-state index in [1.165, 1.54) is 6.07 Å². The first-order chi connectivity index (χ1) is 7.54. The van der Waals surface area contributed by atoms with Crippen LogP contribution in [0.2, 0.25) is 0 Å². The number of thioether (sulfide) groups is 1. The minimum Gasteiger partial charge on any atom is -0.396 e. The number of aliphatic hydroxyl groups excluding tert-OH is 1. The summed E-state index contributed by atoms with van der Waals surface area (Å²) in [7, 11) is 0. The summed E-state index contributed by atoms with van der Waals surface area (Å²) in [6, 6.07) is 5.09. The summed E-state index contributed by atoms with van der Waals surface area (Å²) in [4.78, 5) is 11.2. The quantitative estimate of drug-likeness (QED) is 0.489. The summed E-state index contributed by atoms with van der Waals surface area (Å²) in [5, 5.41) is 19.5. The molecular weight excluding hydrogens is 226 g/mol. The normalized spacial score (nSPS) is 12.4. The molecule has 0 saturated heterocycles. The number of aryl methyl sites for hydroxylation is 1. The lowest BCUT2D eigenvalue weighted by molar-refractivity contribution is -0.385. The molecule has 0 aromatic heterocycles. The monoisotopic (exact) mass is 241 g/mol. The van der Waals surface area contributed by atoms with Gasteiger partial charge in [-0.3, -0.25) is 10.1 Å². The average molecular weight is 241 g/mol. The van der Waals surface area contributed by atoms with Gasteiger partial charge in [0.2, 0.25) is 0 Å². The van der Waals surface area contributed by atoms with Crippen LogP contribution in [0.1, 0.15) is 12.5 Å². The van der Waals surface area contributed by atoms with E-state index in [0.717, 1.165) is 10.6 Å². The van der Waals surface area contributed by atoms with Crippen molar-refractivity contribution in [2.45, 2.75) is 18.7 Å². The molecule has 16 heavy (non-hydrogen) atoms. The van der Waals surface area contributed by atoms with Crippen LogP contribution in [0.25, 0.3) is 0 Å². The molecule has 0 fully saturated rings. The van der Waals surface area contributed by atoms with Gasteiger partial charge in [0.05, 0.1) is 4.92 Å². The van der Waals surface area contributed by atoms with Gasteiger partial charge in [0, 0.05) is 28.9 Å². The van der Waals surface area contributed by atoms with Gasteiger partial charge in [-0.25, -0.2) is 0 Å². The van der Waals surface area contributed by atoms with Gasteiger partial charge in [0.15, 0.2) is 0 Å². The van der Waals surface area contributed by atoms with Crippen molar-refractivity contribution in [3.8, 4) is 0 Å². The third-order valence-electron chi connectivity index (χ3n) is 2.21. The van der Waals surface area contributed by atoms with E-state index in [9.17, 15) is 10.1 Å². The van der Waals surface area contributed by atoms with Crippen molar-refractivity contribution in [1.82, 2.24) is 0 Å². The maximum atomic E-state index is 10.6. The molecule has 0 spiro atoms. The van der Waals surface area contributed by atoms with E-state index in [1.54, 1.807) is 24.8 Å². The lowest BCUT2D eigenvalue weighted by Gasteiger charge is -2.07. The van der Waals surface area contributed by atoms with E-state index in [0.29, 0.717) is 5.56 Å². The topological polar surface area (TPSA) is 63.4 Å². The van der Waals surface area contributed by atoms with E-state index in [2.05, 4.69) is 0 Å². The number of benzene rings is 1. The van der Waals surface area contributed by atoms with E-state index in [4.69, 9.17) is 5.11 Å². The number of hydrogen-bond acceptors (Lipinski definition) is 4. The van der Waals surface area contributed by atoms with Crippen molar-refractivity contribution in [3.63, 3.8) is 0 Å². The van der Waals surface area contributed by atoms with Crippen molar-refractivity contribution in [2.75, 3.05) is 12.4 Å². The molecule has 0 saturated carbocycles. The second kappa shape index (κ2) is 5.86. The van der Waals surface area contributed by atoms with Gasteiger partial charge in [-0.05, 0) is 25.0 Å². The Kier molecular flexibility index (Phi) is 4.76. The van der Waals surface area contributed by atoms with Crippen molar-refractivity contribution in [3.05, 3.63) is 33.9 Å². The predicted octanol–water partition coefficient (Wildman–Crippen LogP) is 2.62. The van der Waals surface area contributed by atoms with Crippen LogP contribution in [-0.2, 0) is 0 Å². The molecule has 0 aliphatic heterocycles. The van der Waals surface area contributed by atoms with Crippen molar-refractivity contribution in [1.29, 1.82) is 0 Å². The van der Waals surface area contributed by atoms with E-state index >= 15 is 0 Å².